The van der Waals surface area contributed by atoms with E-state index in [4.69, 9.17) is 0 Å². The van der Waals surface area contributed by atoms with Crippen LogP contribution in [-0.2, 0) is 7.05 Å². The number of nitrogens with one attached hydrogen (secondary N) is 1. The van der Waals surface area contributed by atoms with Crippen molar-refractivity contribution in [1.29, 1.82) is 0 Å². The predicted octanol–water partition coefficient (Wildman–Crippen LogP) is 2.11. The first-order valence-corrected chi connectivity index (χ1v) is 7.72. The van der Waals surface area contributed by atoms with Gasteiger partial charge in [-0.3, -0.25) is 9.48 Å². The van der Waals surface area contributed by atoms with Gasteiger partial charge in [0.15, 0.2) is 11.5 Å². The summed E-state index contributed by atoms with van der Waals surface area (Å²) < 4.78 is 3.30. The highest BCUT2D eigenvalue weighted by Crippen LogP contribution is 2.20. The van der Waals surface area contributed by atoms with Crippen LogP contribution < -0.4 is 5.32 Å². The van der Waals surface area contributed by atoms with Gasteiger partial charge in [-0.25, -0.2) is 0 Å². The van der Waals surface area contributed by atoms with E-state index in [1.165, 1.54) is 0 Å². The van der Waals surface area contributed by atoms with Crippen LogP contribution in [0, 0.1) is 6.92 Å². The number of amides is 1. The molecule has 0 saturated heterocycles. The molecule has 0 aliphatic carbocycles. The quantitative estimate of drug-likeness (QED) is 0.620. The third kappa shape index (κ3) is 2.63. The van der Waals surface area contributed by atoms with Crippen LogP contribution >= 0.6 is 0 Å². The standard InChI is InChI=1S/C17H15N7O/c1-11-19-21-22-24(11)13-7-5-6-12(10-13)18-17(25)16-14-8-3-4-9-15(14)23(2)20-16/h3-10H,1-2H3,(H,18,25). The van der Waals surface area contributed by atoms with Crippen molar-refractivity contribution >= 4 is 22.5 Å². The molecule has 0 fully saturated rings. The van der Waals surface area contributed by atoms with Crippen molar-refractivity contribution in [3.63, 3.8) is 0 Å². The molecule has 0 saturated carbocycles. The SMILES string of the molecule is Cc1nnnn1-c1cccc(NC(=O)c2nn(C)c3ccccc23)c1. The highest BCUT2D eigenvalue weighted by molar-refractivity contribution is 6.11. The summed E-state index contributed by atoms with van der Waals surface area (Å²) in [6.07, 6.45) is 0. The number of para-hydroxylation sites is 1. The Balaban J connectivity index is 1.66. The van der Waals surface area contributed by atoms with Gasteiger partial charge in [0.1, 0.15) is 0 Å². The van der Waals surface area contributed by atoms with E-state index in [0.717, 1.165) is 16.6 Å². The van der Waals surface area contributed by atoms with Gasteiger partial charge in [0.05, 0.1) is 11.2 Å². The molecule has 0 bridgehead atoms. The minimum atomic E-state index is -0.262. The first kappa shape index (κ1) is 15.0. The van der Waals surface area contributed by atoms with Gasteiger partial charge in [0.25, 0.3) is 5.91 Å². The molecule has 4 aromatic rings. The van der Waals surface area contributed by atoms with E-state index < -0.39 is 0 Å². The van der Waals surface area contributed by atoms with Gasteiger partial charge >= 0.3 is 0 Å². The van der Waals surface area contributed by atoms with Crippen molar-refractivity contribution in [3.05, 3.63) is 60.0 Å². The van der Waals surface area contributed by atoms with Crippen LogP contribution in [-0.4, -0.2) is 35.9 Å². The fourth-order valence-corrected chi connectivity index (χ4v) is 2.76. The van der Waals surface area contributed by atoms with Gasteiger partial charge in [-0.1, -0.05) is 24.3 Å². The van der Waals surface area contributed by atoms with E-state index in [1.807, 2.05) is 62.5 Å². The molecule has 25 heavy (non-hydrogen) atoms. The summed E-state index contributed by atoms with van der Waals surface area (Å²) in [4.78, 5) is 12.7. The molecule has 0 aliphatic rings. The lowest BCUT2D eigenvalue weighted by molar-refractivity contribution is 0.102. The molecule has 1 amide bonds. The van der Waals surface area contributed by atoms with Crippen LogP contribution in [0.3, 0.4) is 0 Å². The Morgan fingerprint density at radius 3 is 2.76 bits per heavy atom. The second kappa shape index (κ2) is 5.82. The largest absolute Gasteiger partial charge is 0.321 e. The summed E-state index contributed by atoms with van der Waals surface area (Å²) in [6.45, 7) is 1.81. The number of carbonyl (C=O) groups excluding carboxylic acids is 1. The van der Waals surface area contributed by atoms with Gasteiger partial charge in [-0.2, -0.15) is 9.78 Å². The minimum Gasteiger partial charge on any atom is -0.321 e. The number of aryl methyl sites for hydroxylation is 2. The fourth-order valence-electron chi connectivity index (χ4n) is 2.76. The second-order valence-electron chi connectivity index (χ2n) is 5.63. The van der Waals surface area contributed by atoms with Crippen LogP contribution in [0.2, 0.25) is 0 Å². The zero-order chi connectivity index (χ0) is 17.4. The molecule has 0 atom stereocenters. The Hall–Kier alpha value is -3.55. The molecule has 2 aromatic heterocycles. The number of nitrogens with zero attached hydrogens (tertiary/aromatic N) is 6. The molecular weight excluding hydrogens is 318 g/mol. The molecule has 2 aromatic carbocycles. The second-order valence-corrected chi connectivity index (χ2v) is 5.63. The van der Waals surface area contributed by atoms with Crippen molar-refractivity contribution in [2.24, 2.45) is 7.05 Å². The number of aromatic nitrogens is 6. The van der Waals surface area contributed by atoms with Gasteiger partial charge < -0.3 is 5.32 Å². The number of anilines is 1. The zero-order valence-corrected chi connectivity index (χ0v) is 13.7. The number of tetrazole rings is 1. The summed E-state index contributed by atoms with van der Waals surface area (Å²) >= 11 is 0. The molecule has 8 nitrogen and oxygen atoms in total. The normalized spacial score (nSPS) is 11.0. The molecule has 0 radical (unpaired) electrons. The fraction of sp³-hybridized carbons (Fsp3) is 0.118. The number of hydrogen-bond acceptors (Lipinski definition) is 5. The van der Waals surface area contributed by atoms with E-state index in [9.17, 15) is 4.79 Å². The van der Waals surface area contributed by atoms with Gasteiger partial charge in [-0.15, -0.1) is 5.10 Å². The summed E-state index contributed by atoms with van der Waals surface area (Å²) in [7, 11) is 1.82. The summed E-state index contributed by atoms with van der Waals surface area (Å²) in [5, 5.41) is 19.5. The van der Waals surface area contributed by atoms with Crippen LogP contribution in [0.5, 0.6) is 0 Å². The van der Waals surface area contributed by atoms with E-state index in [-0.39, 0.29) is 5.91 Å². The van der Waals surface area contributed by atoms with Crippen LogP contribution in [0.25, 0.3) is 16.6 Å². The predicted molar refractivity (Wildman–Crippen MR) is 92.6 cm³/mol. The average Bonchev–Trinajstić information content (AvgIpc) is 3.19. The van der Waals surface area contributed by atoms with Crippen LogP contribution in [0.1, 0.15) is 16.3 Å². The zero-order valence-electron chi connectivity index (χ0n) is 13.7. The highest BCUT2D eigenvalue weighted by atomic mass is 16.2. The van der Waals surface area contributed by atoms with E-state index in [1.54, 1.807) is 9.36 Å². The third-order valence-corrected chi connectivity index (χ3v) is 3.95. The maximum atomic E-state index is 12.7. The van der Waals surface area contributed by atoms with E-state index in [2.05, 4.69) is 25.9 Å². The molecule has 8 heteroatoms. The van der Waals surface area contributed by atoms with E-state index >= 15 is 0 Å². The first-order chi connectivity index (χ1) is 12.1. The van der Waals surface area contributed by atoms with Gasteiger partial charge in [0.2, 0.25) is 0 Å². The third-order valence-electron chi connectivity index (χ3n) is 3.95. The Morgan fingerprint density at radius 1 is 1.12 bits per heavy atom. The number of benzene rings is 2. The first-order valence-electron chi connectivity index (χ1n) is 7.72. The molecule has 1 N–H and O–H groups in total. The Bertz CT molecular complexity index is 1080. The van der Waals surface area contributed by atoms with Crippen molar-refractivity contribution in [3.8, 4) is 5.69 Å². The maximum absolute atomic E-state index is 12.7. The number of rotatable bonds is 3. The Kier molecular flexibility index (Phi) is 3.50. The monoisotopic (exact) mass is 333 g/mol. The van der Waals surface area contributed by atoms with Crippen molar-refractivity contribution < 1.29 is 4.79 Å². The molecule has 0 spiro atoms. The molecule has 4 rings (SSSR count). The lowest BCUT2D eigenvalue weighted by atomic mass is 10.2. The average molecular weight is 333 g/mol. The topological polar surface area (TPSA) is 90.5 Å². The molecular formula is C17H15N7O. The maximum Gasteiger partial charge on any atom is 0.276 e. The number of fused-ring (bicyclic) bond motifs is 1. The number of carbonyl (C=O) groups is 1. The Morgan fingerprint density at radius 2 is 1.96 bits per heavy atom. The summed E-state index contributed by atoms with van der Waals surface area (Å²) in [6, 6.07) is 15.0. The van der Waals surface area contributed by atoms with Gasteiger partial charge in [-0.05, 0) is 41.6 Å². The highest BCUT2D eigenvalue weighted by Gasteiger charge is 2.16. The lowest BCUT2D eigenvalue weighted by Crippen LogP contribution is -2.13. The minimum absolute atomic E-state index is 0.262. The van der Waals surface area contributed by atoms with Crippen molar-refractivity contribution in [1.82, 2.24) is 30.0 Å². The van der Waals surface area contributed by atoms with Crippen molar-refractivity contribution in [2.75, 3.05) is 5.32 Å². The molecule has 0 unspecified atom stereocenters. The van der Waals surface area contributed by atoms with E-state index in [0.29, 0.717) is 17.2 Å². The summed E-state index contributed by atoms with van der Waals surface area (Å²) in [5.41, 5.74) is 2.71. The van der Waals surface area contributed by atoms with Gasteiger partial charge in [0, 0.05) is 18.1 Å². The smallest absolute Gasteiger partial charge is 0.276 e. The Labute approximate surface area is 143 Å². The summed E-state index contributed by atoms with van der Waals surface area (Å²) in [5.74, 6) is 0.404. The van der Waals surface area contributed by atoms with Crippen LogP contribution in [0.15, 0.2) is 48.5 Å². The van der Waals surface area contributed by atoms with Crippen LogP contribution in [0.4, 0.5) is 5.69 Å². The van der Waals surface area contributed by atoms with Crippen molar-refractivity contribution in [2.45, 2.75) is 6.92 Å². The molecule has 0 aliphatic heterocycles. The molecule has 2 heterocycles. The number of hydrogen-bond donors (Lipinski definition) is 1. The molecule has 124 valence electrons. The lowest BCUT2D eigenvalue weighted by Gasteiger charge is -2.07.